The zero-order valence-corrected chi connectivity index (χ0v) is 10.3. The molecule has 0 aromatic heterocycles. The minimum absolute atomic E-state index is 0.0935. The van der Waals surface area contributed by atoms with Gasteiger partial charge in [0.15, 0.2) is 9.84 Å². The quantitative estimate of drug-likeness (QED) is 0.883. The van der Waals surface area contributed by atoms with Crippen LogP contribution < -0.4 is 5.73 Å². The van der Waals surface area contributed by atoms with E-state index in [1.54, 1.807) is 12.1 Å². The van der Waals surface area contributed by atoms with Crippen LogP contribution in [0, 0.1) is 0 Å². The number of halogens is 1. The lowest BCUT2D eigenvalue weighted by molar-refractivity contribution is 0.599. The van der Waals surface area contributed by atoms with Crippen LogP contribution in [0.2, 0.25) is 5.02 Å². The second-order valence-electron chi connectivity index (χ2n) is 3.71. The van der Waals surface area contributed by atoms with Crippen LogP contribution in [-0.2, 0) is 16.3 Å². The maximum atomic E-state index is 11.5. The highest BCUT2D eigenvalue weighted by Gasteiger charge is 2.14. The zero-order valence-electron chi connectivity index (χ0n) is 8.70. The van der Waals surface area contributed by atoms with Crippen molar-refractivity contribution >= 4 is 21.4 Å². The third-order valence-electron chi connectivity index (χ3n) is 1.96. The molecule has 3 nitrogen and oxygen atoms in total. The van der Waals surface area contributed by atoms with E-state index in [0.29, 0.717) is 21.9 Å². The highest BCUT2D eigenvalue weighted by Crippen LogP contribution is 2.21. The van der Waals surface area contributed by atoms with Gasteiger partial charge in [-0.1, -0.05) is 11.6 Å². The number of benzene rings is 1. The summed E-state index contributed by atoms with van der Waals surface area (Å²) in [7, 11) is -3.21. The second kappa shape index (κ2) is 4.51. The molecule has 1 rings (SSSR count). The fourth-order valence-corrected chi connectivity index (χ4v) is 2.54. The van der Waals surface area contributed by atoms with Crippen LogP contribution in [0.4, 0.5) is 0 Å². The molecule has 5 heteroatoms. The molecule has 0 saturated heterocycles. The molecule has 0 amide bonds. The molecule has 15 heavy (non-hydrogen) atoms. The zero-order chi connectivity index (χ0) is 11.6. The van der Waals surface area contributed by atoms with Gasteiger partial charge in [0.1, 0.15) is 0 Å². The molecule has 0 bridgehead atoms. The maximum absolute atomic E-state index is 11.5. The predicted molar refractivity (Wildman–Crippen MR) is 61.9 cm³/mol. The van der Waals surface area contributed by atoms with E-state index in [2.05, 4.69) is 0 Å². The van der Waals surface area contributed by atoms with E-state index in [1.165, 1.54) is 12.3 Å². The number of sulfone groups is 1. The van der Waals surface area contributed by atoms with Crippen LogP contribution in [0.15, 0.2) is 23.1 Å². The number of rotatable bonds is 3. The Balaban J connectivity index is 3.27. The van der Waals surface area contributed by atoms with Crippen molar-refractivity contribution in [1.29, 1.82) is 0 Å². The lowest BCUT2D eigenvalue weighted by Crippen LogP contribution is -2.19. The highest BCUT2D eigenvalue weighted by molar-refractivity contribution is 7.90. The van der Waals surface area contributed by atoms with Crippen molar-refractivity contribution in [2.75, 3.05) is 6.26 Å². The topological polar surface area (TPSA) is 60.2 Å². The number of hydrogen-bond donors (Lipinski definition) is 1. The summed E-state index contributed by atoms with van der Waals surface area (Å²) in [5.41, 5.74) is 6.33. The molecule has 0 aliphatic rings. The summed E-state index contributed by atoms with van der Waals surface area (Å²) in [5, 5.41) is 0.526. The molecule has 0 radical (unpaired) electrons. The summed E-state index contributed by atoms with van der Waals surface area (Å²) in [6.07, 6.45) is 1.68. The lowest BCUT2D eigenvalue weighted by Gasteiger charge is -2.10. The molecule has 0 heterocycles. The summed E-state index contributed by atoms with van der Waals surface area (Å²) >= 11 is 5.81. The molecule has 0 aliphatic carbocycles. The van der Waals surface area contributed by atoms with E-state index in [0.717, 1.165) is 0 Å². The monoisotopic (exact) mass is 247 g/mol. The molecule has 0 aliphatic heterocycles. The van der Waals surface area contributed by atoms with E-state index in [9.17, 15) is 8.42 Å². The average Bonchev–Trinajstić information content (AvgIpc) is 1.99. The smallest absolute Gasteiger partial charge is 0.175 e. The van der Waals surface area contributed by atoms with Gasteiger partial charge in [0.25, 0.3) is 0 Å². The molecule has 0 fully saturated rings. The fourth-order valence-electron chi connectivity index (χ4n) is 1.42. The van der Waals surface area contributed by atoms with Crippen molar-refractivity contribution in [2.45, 2.75) is 24.3 Å². The fraction of sp³-hybridized carbons (Fsp3) is 0.400. The van der Waals surface area contributed by atoms with Crippen LogP contribution in [0.1, 0.15) is 12.5 Å². The summed E-state index contributed by atoms with van der Waals surface area (Å²) < 4.78 is 22.9. The molecule has 1 aromatic rings. The molecule has 1 aromatic carbocycles. The van der Waals surface area contributed by atoms with E-state index in [4.69, 9.17) is 17.3 Å². The Morgan fingerprint density at radius 2 is 2.07 bits per heavy atom. The Kier molecular flexibility index (Phi) is 3.76. The maximum Gasteiger partial charge on any atom is 0.175 e. The summed E-state index contributed by atoms with van der Waals surface area (Å²) in [5.74, 6) is 0. The van der Waals surface area contributed by atoms with Gasteiger partial charge in [-0.25, -0.2) is 8.42 Å². The average molecular weight is 248 g/mol. The molecule has 0 spiro atoms. The molecule has 2 N–H and O–H groups in total. The first kappa shape index (κ1) is 12.5. The number of nitrogens with two attached hydrogens (primary N) is 1. The van der Waals surface area contributed by atoms with Crippen LogP contribution in [0.3, 0.4) is 0 Å². The second-order valence-corrected chi connectivity index (χ2v) is 6.13. The van der Waals surface area contributed by atoms with Crippen molar-refractivity contribution in [3.05, 3.63) is 28.8 Å². The molecular formula is C10H14ClNO2S. The molecular weight excluding hydrogens is 234 g/mol. The molecule has 1 atom stereocenters. The minimum Gasteiger partial charge on any atom is -0.328 e. The highest BCUT2D eigenvalue weighted by atomic mass is 35.5. The van der Waals surface area contributed by atoms with Gasteiger partial charge in [-0.3, -0.25) is 0 Å². The van der Waals surface area contributed by atoms with Gasteiger partial charge in [-0.05, 0) is 37.1 Å². The van der Waals surface area contributed by atoms with Crippen LogP contribution in [0.5, 0.6) is 0 Å². The standard InChI is InChI=1S/C10H14ClNO2S/c1-7(12)5-8-6-9(11)3-4-10(8)15(2,13)14/h3-4,6-7H,5,12H2,1-2H3. The first-order valence-corrected chi connectivity index (χ1v) is 6.81. The van der Waals surface area contributed by atoms with Crippen molar-refractivity contribution in [3.8, 4) is 0 Å². The van der Waals surface area contributed by atoms with Crippen molar-refractivity contribution in [2.24, 2.45) is 5.73 Å². The molecule has 84 valence electrons. The Bertz CT molecular complexity index is 454. The van der Waals surface area contributed by atoms with Gasteiger partial charge in [0.2, 0.25) is 0 Å². The van der Waals surface area contributed by atoms with Gasteiger partial charge in [-0.2, -0.15) is 0 Å². The largest absolute Gasteiger partial charge is 0.328 e. The minimum atomic E-state index is -3.21. The Labute approximate surface area is 95.2 Å². The van der Waals surface area contributed by atoms with Gasteiger partial charge in [0, 0.05) is 17.3 Å². The lowest BCUT2D eigenvalue weighted by atomic mass is 10.1. The first-order chi connectivity index (χ1) is 6.80. The van der Waals surface area contributed by atoms with Gasteiger partial charge >= 0.3 is 0 Å². The third kappa shape index (κ3) is 3.48. The van der Waals surface area contributed by atoms with E-state index in [1.807, 2.05) is 6.92 Å². The predicted octanol–water partition coefficient (Wildman–Crippen LogP) is 1.63. The molecule has 1 unspecified atom stereocenters. The van der Waals surface area contributed by atoms with Crippen LogP contribution in [-0.4, -0.2) is 20.7 Å². The van der Waals surface area contributed by atoms with Crippen molar-refractivity contribution in [3.63, 3.8) is 0 Å². The van der Waals surface area contributed by atoms with Crippen molar-refractivity contribution in [1.82, 2.24) is 0 Å². The summed E-state index contributed by atoms with van der Waals surface area (Å²) in [4.78, 5) is 0.309. The Morgan fingerprint density at radius 3 is 2.53 bits per heavy atom. The summed E-state index contributed by atoms with van der Waals surface area (Å²) in [6, 6.07) is 4.66. The van der Waals surface area contributed by atoms with Gasteiger partial charge < -0.3 is 5.73 Å². The molecule has 0 saturated carbocycles. The normalized spacial score (nSPS) is 13.9. The van der Waals surface area contributed by atoms with E-state index < -0.39 is 9.84 Å². The number of hydrogen-bond acceptors (Lipinski definition) is 3. The summed E-state index contributed by atoms with van der Waals surface area (Å²) in [6.45, 7) is 1.83. The van der Waals surface area contributed by atoms with Gasteiger partial charge in [0.05, 0.1) is 4.90 Å². The first-order valence-electron chi connectivity index (χ1n) is 4.55. The Morgan fingerprint density at radius 1 is 1.47 bits per heavy atom. The van der Waals surface area contributed by atoms with E-state index >= 15 is 0 Å². The SMILES string of the molecule is CC(N)Cc1cc(Cl)ccc1S(C)(=O)=O. The third-order valence-corrected chi connectivity index (χ3v) is 3.40. The van der Waals surface area contributed by atoms with Crippen LogP contribution >= 0.6 is 11.6 Å². The van der Waals surface area contributed by atoms with Gasteiger partial charge in [-0.15, -0.1) is 0 Å². The van der Waals surface area contributed by atoms with E-state index in [-0.39, 0.29) is 6.04 Å². The van der Waals surface area contributed by atoms with Crippen molar-refractivity contribution < 1.29 is 8.42 Å². The Hall–Kier alpha value is -0.580. The van der Waals surface area contributed by atoms with Crippen LogP contribution in [0.25, 0.3) is 0 Å².